The van der Waals surface area contributed by atoms with Crippen molar-refractivity contribution in [1.29, 1.82) is 0 Å². The summed E-state index contributed by atoms with van der Waals surface area (Å²) in [5.74, 6) is 0.919. The lowest BCUT2D eigenvalue weighted by Gasteiger charge is -2.34. The number of rotatable bonds is 5. The summed E-state index contributed by atoms with van der Waals surface area (Å²) < 4.78 is 5.89. The molecule has 6 nitrogen and oxygen atoms in total. The second-order valence-electron chi connectivity index (χ2n) is 7.39. The van der Waals surface area contributed by atoms with Gasteiger partial charge in [0.2, 0.25) is 11.8 Å². The van der Waals surface area contributed by atoms with Gasteiger partial charge in [-0.05, 0) is 19.1 Å². The number of aryl methyl sites for hydroxylation is 2. The molecule has 0 aliphatic carbocycles. The Kier molecular flexibility index (Phi) is 5.99. The van der Waals surface area contributed by atoms with Crippen molar-refractivity contribution in [2.75, 3.05) is 26.2 Å². The normalized spacial score (nSPS) is 14.7. The zero-order valence-electron chi connectivity index (χ0n) is 17.3. The van der Waals surface area contributed by atoms with Gasteiger partial charge >= 0.3 is 0 Å². The minimum absolute atomic E-state index is 0.0371. The zero-order chi connectivity index (χ0) is 21.1. The molecule has 0 unspecified atom stereocenters. The van der Waals surface area contributed by atoms with Crippen molar-refractivity contribution >= 4 is 40.2 Å². The fourth-order valence-corrected chi connectivity index (χ4v) is 4.49. The van der Waals surface area contributed by atoms with Gasteiger partial charge in [0.25, 0.3) is 0 Å². The Hall–Kier alpha value is -2.93. The number of amides is 2. The van der Waals surface area contributed by atoms with Crippen LogP contribution in [0.15, 0.2) is 40.1 Å². The molecule has 156 valence electrons. The van der Waals surface area contributed by atoms with E-state index in [1.54, 1.807) is 11.0 Å². The predicted molar refractivity (Wildman–Crippen MR) is 118 cm³/mol. The summed E-state index contributed by atoms with van der Waals surface area (Å²) in [5, 5.41) is 3.82. The molecule has 0 bridgehead atoms. The maximum absolute atomic E-state index is 12.7. The SMILES string of the molecule is CCc1oc2ccccc2c1C=CC(=O)N1CCN(C(=O)Cc2nc(C)cs2)CC1. The average Bonchev–Trinajstić information content (AvgIpc) is 3.34. The number of thiazole rings is 1. The van der Waals surface area contributed by atoms with Crippen molar-refractivity contribution in [2.45, 2.75) is 26.7 Å². The molecule has 1 aliphatic heterocycles. The van der Waals surface area contributed by atoms with Crippen LogP contribution in [0.2, 0.25) is 0 Å². The number of piperazine rings is 1. The maximum atomic E-state index is 12.7. The van der Waals surface area contributed by atoms with Crippen molar-refractivity contribution in [3.05, 3.63) is 57.7 Å². The van der Waals surface area contributed by atoms with Gasteiger partial charge in [-0.3, -0.25) is 9.59 Å². The van der Waals surface area contributed by atoms with E-state index >= 15 is 0 Å². The van der Waals surface area contributed by atoms with E-state index in [2.05, 4.69) is 4.98 Å². The number of hydrogen-bond donors (Lipinski definition) is 0. The molecule has 0 saturated carbocycles. The highest BCUT2D eigenvalue weighted by molar-refractivity contribution is 7.09. The molecule has 7 heteroatoms. The quantitative estimate of drug-likeness (QED) is 0.587. The molecule has 0 spiro atoms. The molecule has 3 heterocycles. The second-order valence-corrected chi connectivity index (χ2v) is 8.33. The fourth-order valence-electron chi connectivity index (χ4n) is 3.72. The fraction of sp³-hybridized carbons (Fsp3) is 0.348. The van der Waals surface area contributed by atoms with Crippen LogP contribution in [-0.4, -0.2) is 52.8 Å². The smallest absolute Gasteiger partial charge is 0.246 e. The van der Waals surface area contributed by atoms with E-state index in [0.29, 0.717) is 32.6 Å². The first-order valence-electron chi connectivity index (χ1n) is 10.2. The third-order valence-corrected chi connectivity index (χ3v) is 6.30. The van der Waals surface area contributed by atoms with Gasteiger partial charge in [0, 0.05) is 60.7 Å². The zero-order valence-corrected chi connectivity index (χ0v) is 18.1. The van der Waals surface area contributed by atoms with Crippen LogP contribution in [0.4, 0.5) is 0 Å². The number of hydrogen-bond acceptors (Lipinski definition) is 5. The lowest BCUT2D eigenvalue weighted by atomic mass is 10.1. The molecule has 0 radical (unpaired) electrons. The summed E-state index contributed by atoms with van der Waals surface area (Å²) in [4.78, 5) is 33.2. The Morgan fingerprint density at radius 2 is 1.90 bits per heavy atom. The van der Waals surface area contributed by atoms with Gasteiger partial charge in [0.1, 0.15) is 16.4 Å². The summed E-state index contributed by atoms with van der Waals surface area (Å²) in [6, 6.07) is 7.87. The summed E-state index contributed by atoms with van der Waals surface area (Å²) in [6.45, 7) is 6.16. The highest BCUT2D eigenvalue weighted by Gasteiger charge is 2.24. The molecule has 1 saturated heterocycles. The van der Waals surface area contributed by atoms with E-state index in [0.717, 1.165) is 39.4 Å². The first kappa shape index (κ1) is 20.3. The van der Waals surface area contributed by atoms with E-state index in [1.165, 1.54) is 11.3 Å². The average molecular weight is 424 g/mol. The Balaban J connectivity index is 1.36. The van der Waals surface area contributed by atoms with Gasteiger partial charge in [-0.25, -0.2) is 4.98 Å². The number of fused-ring (bicyclic) bond motifs is 1. The van der Waals surface area contributed by atoms with Gasteiger partial charge < -0.3 is 14.2 Å². The molecule has 1 aromatic carbocycles. The van der Waals surface area contributed by atoms with Crippen LogP contribution in [-0.2, 0) is 22.4 Å². The molecular weight excluding hydrogens is 398 g/mol. The van der Waals surface area contributed by atoms with Crippen molar-refractivity contribution in [1.82, 2.24) is 14.8 Å². The molecule has 1 fully saturated rings. The standard InChI is InChI=1S/C23H25N3O3S/c1-3-19-18(17-6-4-5-7-20(17)29-19)8-9-22(27)25-10-12-26(13-11-25)23(28)14-21-24-16(2)15-30-21/h4-9,15H,3,10-14H2,1-2H3. The van der Waals surface area contributed by atoms with Crippen LogP contribution in [0.3, 0.4) is 0 Å². The topological polar surface area (TPSA) is 66.7 Å². The number of benzene rings is 1. The first-order chi connectivity index (χ1) is 14.5. The maximum Gasteiger partial charge on any atom is 0.246 e. The summed E-state index contributed by atoms with van der Waals surface area (Å²) in [7, 11) is 0. The Morgan fingerprint density at radius 3 is 2.60 bits per heavy atom. The van der Waals surface area contributed by atoms with E-state index in [4.69, 9.17) is 4.42 Å². The number of nitrogens with zero attached hydrogens (tertiary/aromatic N) is 3. The third kappa shape index (κ3) is 4.31. The number of aromatic nitrogens is 1. The monoisotopic (exact) mass is 423 g/mol. The molecule has 4 rings (SSSR count). The molecule has 2 aromatic heterocycles. The van der Waals surface area contributed by atoms with Crippen molar-refractivity contribution in [3.63, 3.8) is 0 Å². The summed E-state index contributed by atoms with van der Waals surface area (Å²) in [6.07, 6.45) is 4.57. The van der Waals surface area contributed by atoms with Crippen LogP contribution < -0.4 is 0 Å². The first-order valence-corrected chi connectivity index (χ1v) is 11.1. The molecule has 2 amide bonds. The summed E-state index contributed by atoms with van der Waals surface area (Å²) in [5.41, 5.74) is 2.75. The third-order valence-electron chi connectivity index (χ3n) is 5.34. The van der Waals surface area contributed by atoms with Crippen LogP contribution in [0.25, 0.3) is 17.0 Å². The number of furan rings is 1. The second kappa shape index (κ2) is 8.83. The number of carbonyl (C=O) groups excluding carboxylic acids is 2. The van der Waals surface area contributed by atoms with Crippen molar-refractivity contribution in [2.24, 2.45) is 0 Å². The number of para-hydroxylation sites is 1. The highest BCUT2D eigenvalue weighted by Crippen LogP contribution is 2.27. The van der Waals surface area contributed by atoms with E-state index in [1.807, 2.05) is 54.5 Å². The Bertz CT molecular complexity index is 1090. The minimum atomic E-state index is -0.0371. The molecule has 1 aliphatic rings. The molecular formula is C23H25N3O3S. The molecule has 0 N–H and O–H groups in total. The number of carbonyl (C=O) groups is 2. The molecule has 3 aromatic rings. The van der Waals surface area contributed by atoms with Gasteiger partial charge in [0.05, 0.1) is 6.42 Å². The van der Waals surface area contributed by atoms with Crippen LogP contribution in [0.1, 0.15) is 28.9 Å². The van der Waals surface area contributed by atoms with Crippen LogP contribution in [0, 0.1) is 6.92 Å². The van der Waals surface area contributed by atoms with Crippen LogP contribution in [0.5, 0.6) is 0 Å². The van der Waals surface area contributed by atoms with Gasteiger partial charge in [-0.15, -0.1) is 11.3 Å². The largest absolute Gasteiger partial charge is 0.460 e. The Labute approximate surface area is 179 Å². The van der Waals surface area contributed by atoms with Gasteiger partial charge in [-0.1, -0.05) is 25.1 Å². The van der Waals surface area contributed by atoms with Crippen LogP contribution >= 0.6 is 11.3 Å². The van der Waals surface area contributed by atoms with Crippen molar-refractivity contribution in [3.8, 4) is 0 Å². The van der Waals surface area contributed by atoms with Gasteiger partial charge in [0.15, 0.2) is 0 Å². The van der Waals surface area contributed by atoms with Crippen molar-refractivity contribution < 1.29 is 14.0 Å². The highest BCUT2D eigenvalue weighted by atomic mass is 32.1. The minimum Gasteiger partial charge on any atom is -0.460 e. The lowest BCUT2D eigenvalue weighted by molar-refractivity contribution is -0.136. The summed E-state index contributed by atoms with van der Waals surface area (Å²) >= 11 is 1.52. The predicted octanol–water partition coefficient (Wildman–Crippen LogP) is 3.69. The van der Waals surface area contributed by atoms with E-state index in [-0.39, 0.29) is 11.8 Å². The lowest BCUT2D eigenvalue weighted by Crippen LogP contribution is -2.50. The van der Waals surface area contributed by atoms with E-state index < -0.39 is 0 Å². The molecule has 0 atom stereocenters. The van der Waals surface area contributed by atoms with Gasteiger partial charge in [-0.2, -0.15) is 0 Å². The molecule has 30 heavy (non-hydrogen) atoms. The van der Waals surface area contributed by atoms with E-state index in [9.17, 15) is 9.59 Å². The Morgan fingerprint density at radius 1 is 1.17 bits per heavy atom.